The molecular weight excluding hydrogens is 304 g/mol. The van der Waals surface area contributed by atoms with E-state index in [2.05, 4.69) is 20.6 Å². The van der Waals surface area contributed by atoms with Gasteiger partial charge in [0.05, 0.1) is 29.1 Å². The van der Waals surface area contributed by atoms with Crippen LogP contribution in [0.2, 0.25) is 0 Å². The first-order valence-electron chi connectivity index (χ1n) is 7.17. The Morgan fingerprint density at radius 2 is 2.14 bits per heavy atom. The first-order chi connectivity index (χ1) is 10.5. The molecule has 3 N–H and O–H groups in total. The number of fused-ring (bicyclic) bond motifs is 1. The van der Waals surface area contributed by atoms with Crippen LogP contribution in [0.15, 0.2) is 24.3 Å². The summed E-state index contributed by atoms with van der Waals surface area (Å²) in [5, 5.41) is 5.42. The molecule has 0 radical (unpaired) electrons. The minimum atomic E-state index is -2.90. The van der Waals surface area contributed by atoms with E-state index in [4.69, 9.17) is 0 Å². The normalized spacial score (nSPS) is 20.1. The van der Waals surface area contributed by atoms with Crippen molar-refractivity contribution < 1.29 is 13.2 Å². The molecule has 0 saturated carbocycles. The van der Waals surface area contributed by atoms with Gasteiger partial charge in [0, 0.05) is 6.54 Å². The van der Waals surface area contributed by atoms with Crippen LogP contribution in [0.5, 0.6) is 0 Å². The average molecular weight is 322 g/mol. The number of carbonyl (C=O) groups excluding carboxylic acids is 1. The van der Waals surface area contributed by atoms with Crippen molar-refractivity contribution in [1.82, 2.24) is 20.6 Å². The van der Waals surface area contributed by atoms with Crippen LogP contribution in [0.4, 0.5) is 4.79 Å². The van der Waals surface area contributed by atoms with E-state index in [0.717, 1.165) is 11.0 Å². The first-order valence-corrected chi connectivity index (χ1v) is 9.00. The molecule has 0 aliphatic carbocycles. The molecule has 3 rings (SSSR count). The molecule has 22 heavy (non-hydrogen) atoms. The molecule has 1 aromatic heterocycles. The van der Waals surface area contributed by atoms with Crippen LogP contribution >= 0.6 is 0 Å². The van der Waals surface area contributed by atoms with E-state index < -0.39 is 9.84 Å². The van der Waals surface area contributed by atoms with Gasteiger partial charge in [-0.15, -0.1) is 0 Å². The minimum absolute atomic E-state index is 0.0157. The van der Waals surface area contributed by atoms with Crippen LogP contribution in [0.1, 0.15) is 12.2 Å². The Kier molecular flexibility index (Phi) is 4.02. The summed E-state index contributed by atoms with van der Waals surface area (Å²) in [6.45, 7) is 0.675. The Balaban J connectivity index is 1.46. The number of benzene rings is 1. The maximum absolute atomic E-state index is 11.7. The number of sulfone groups is 1. The second kappa shape index (κ2) is 5.96. The van der Waals surface area contributed by atoms with Gasteiger partial charge in [-0.3, -0.25) is 0 Å². The van der Waals surface area contributed by atoms with Gasteiger partial charge in [-0.05, 0) is 24.5 Å². The third-order valence-corrected chi connectivity index (χ3v) is 5.57. The second-order valence-corrected chi connectivity index (χ2v) is 7.76. The van der Waals surface area contributed by atoms with Crippen molar-refractivity contribution >= 4 is 26.9 Å². The van der Waals surface area contributed by atoms with Gasteiger partial charge in [0.1, 0.15) is 5.82 Å². The van der Waals surface area contributed by atoms with Gasteiger partial charge in [0.15, 0.2) is 9.84 Å². The fraction of sp³-hybridized carbons (Fsp3) is 0.429. The summed E-state index contributed by atoms with van der Waals surface area (Å²) < 4.78 is 22.7. The molecular formula is C14H18N4O3S. The minimum Gasteiger partial charge on any atom is -0.340 e. The number of para-hydroxylation sites is 2. The lowest BCUT2D eigenvalue weighted by Crippen LogP contribution is -2.38. The van der Waals surface area contributed by atoms with Gasteiger partial charge in [-0.2, -0.15) is 0 Å². The van der Waals surface area contributed by atoms with E-state index >= 15 is 0 Å². The molecule has 0 bridgehead atoms. The highest BCUT2D eigenvalue weighted by Gasteiger charge is 2.27. The van der Waals surface area contributed by atoms with Crippen LogP contribution in [0.25, 0.3) is 11.0 Å². The lowest BCUT2D eigenvalue weighted by molar-refractivity contribution is 0.238. The molecule has 2 heterocycles. The lowest BCUT2D eigenvalue weighted by atomic mass is 10.1. The number of rotatable bonds is 4. The highest BCUT2D eigenvalue weighted by atomic mass is 32.2. The van der Waals surface area contributed by atoms with E-state index in [1.165, 1.54) is 0 Å². The summed E-state index contributed by atoms with van der Waals surface area (Å²) in [5.41, 5.74) is 1.78. The molecule has 1 saturated heterocycles. The van der Waals surface area contributed by atoms with E-state index in [0.29, 0.717) is 25.3 Å². The molecule has 118 valence electrons. The quantitative estimate of drug-likeness (QED) is 0.774. The zero-order valence-corrected chi connectivity index (χ0v) is 12.8. The number of hydrogen-bond acceptors (Lipinski definition) is 4. The molecule has 1 aliphatic heterocycles. The highest BCUT2D eigenvalue weighted by molar-refractivity contribution is 7.91. The van der Waals surface area contributed by atoms with Crippen LogP contribution in [0, 0.1) is 5.92 Å². The van der Waals surface area contributed by atoms with E-state index in [-0.39, 0.29) is 23.5 Å². The lowest BCUT2D eigenvalue weighted by Gasteiger charge is -2.10. The summed E-state index contributed by atoms with van der Waals surface area (Å²) in [6, 6.07) is 7.33. The fourth-order valence-electron chi connectivity index (χ4n) is 2.59. The molecule has 0 spiro atoms. The summed E-state index contributed by atoms with van der Waals surface area (Å²) >= 11 is 0. The number of aromatic nitrogens is 2. The summed E-state index contributed by atoms with van der Waals surface area (Å²) in [4.78, 5) is 19.2. The Hall–Kier alpha value is -2.09. The third kappa shape index (κ3) is 3.56. The highest BCUT2D eigenvalue weighted by Crippen LogP contribution is 2.17. The standard InChI is InChI=1S/C14H18N4O3S/c19-14(15-7-10-5-6-22(20,21)9-10)16-8-13-17-11-3-1-2-4-12(11)18-13/h1-4,10H,5-9H2,(H,17,18)(H2,15,16,19)/t10-/m1/s1. The van der Waals surface area contributed by atoms with Crippen LogP contribution in [-0.2, 0) is 16.4 Å². The van der Waals surface area contributed by atoms with Crippen molar-refractivity contribution in [1.29, 1.82) is 0 Å². The number of carbonyl (C=O) groups is 1. The predicted molar refractivity (Wildman–Crippen MR) is 83.1 cm³/mol. The number of aromatic amines is 1. The topological polar surface area (TPSA) is 104 Å². The van der Waals surface area contributed by atoms with E-state index in [1.54, 1.807) is 0 Å². The number of amides is 2. The molecule has 0 unspecified atom stereocenters. The van der Waals surface area contributed by atoms with Crippen molar-refractivity contribution in [2.24, 2.45) is 5.92 Å². The van der Waals surface area contributed by atoms with Crippen molar-refractivity contribution in [3.63, 3.8) is 0 Å². The van der Waals surface area contributed by atoms with Crippen molar-refractivity contribution in [3.8, 4) is 0 Å². The molecule has 1 atom stereocenters. The SMILES string of the molecule is O=C(NCc1nc2ccccc2[nH]1)NC[C@H]1CCS(=O)(=O)C1. The maximum atomic E-state index is 11.7. The number of H-pyrrole nitrogens is 1. The molecule has 7 nitrogen and oxygen atoms in total. The Morgan fingerprint density at radius 3 is 2.86 bits per heavy atom. The van der Waals surface area contributed by atoms with Gasteiger partial charge in [0.2, 0.25) is 0 Å². The van der Waals surface area contributed by atoms with Crippen LogP contribution in [-0.4, -0.2) is 42.5 Å². The van der Waals surface area contributed by atoms with Crippen molar-refractivity contribution in [2.45, 2.75) is 13.0 Å². The van der Waals surface area contributed by atoms with Gasteiger partial charge < -0.3 is 15.6 Å². The zero-order chi connectivity index (χ0) is 15.6. The number of nitrogens with one attached hydrogen (secondary N) is 3. The predicted octanol–water partition coefficient (Wildman–Crippen LogP) is 0.797. The summed E-state index contributed by atoms with van der Waals surface area (Å²) in [7, 11) is -2.90. The largest absolute Gasteiger partial charge is 0.340 e. The average Bonchev–Trinajstić information content (AvgIpc) is 3.05. The Morgan fingerprint density at radius 1 is 1.32 bits per heavy atom. The Labute approximate surface area is 128 Å². The molecule has 1 fully saturated rings. The Bertz CT molecular complexity index is 751. The third-order valence-electron chi connectivity index (χ3n) is 3.73. The van der Waals surface area contributed by atoms with Crippen LogP contribution < -0.4 is 10.6 Å². The molecule has 8 heteroatoms. The fourth-order valence-corrected chi connectivity index (χ4v) is 4.45. The first kappa shape index (κ1) is 14.8. The van der Waals surface area contributed by atoms with Crippen molar-refractivity contribution in [3.05, 3.63) is 30.1 Å². The maximum Gasteiger partial charge on any atom is 0.315 e. The van der Waals surface area contributed by atoms with E-state index in [9.17, 15) is 13.2 Å². The molecule has 1 aliphatic rings. The van der Waals surface area contributed by atoms with Crippen LogP contribution in [0.3, 0.4) is 0 Å². The van der Waals surface area contributed by atoms with E-state index in [1.807, 2.05) is 24.3 Å². The van der Waals surface area contributed by atoms with Gasteiger partial charge in [-0.25, -0.2) is 18.2 Å². The zero-order valence-electron chi connectivity index (χ0n) is 12.0. The molecule has 2 aromatic rings. The molecule has 1 aromatic carbocycles. The van der Waals surface area contributed by atoms with Gasteiger partial charge in [-0.1, -0.05) is 12.1 Å². The summed E-state index contributed by atoms with van der Waals surface area (Å²) in [6.07, 6.45) is 0.617. The molecule has 2 amide bonds. The van der Waals surface area contributed by atoms with Gasteiger partial charge >= 0.3 is 6.03 Å². The van der Waals surface area contributed by atoms with Crippen molar-refractivity contribution in [2.75, 3.05) is 18.1 Å². The summed E-state index contributed by atoms with van der Waals surface area (Å²) in [5.74, 6) is 1.08. The smallest absolute Gasteiger partial charge is 0.315 e. The number of urea groups is 1. The second-order valence-electron chi connectivity index (χ2n) is 5.53. The monoisotopic (exact) mass is 322 g/mol. The number of imidazole rings is 1. The number of hydrogen-bond donors (Lipinski definition) is 3. The van der Waals surface area contributed by atoms with Gasteiger partial charge in [0.25, 0.3) is 0 Å². The number of nitrogens with zero attached hydrogens (tertiary/aromatic N) is 1.